The zero-order valence-electron chi connectivity index (χ0n) is 8.03. The van der Waals surface area contributed by atoms with Crippen molar-refractivity contribution in [2.24, 2.45) is 0 Å². The lowest BCUT2D eigenvalue weighted by Gasteiger charge is -2.08. The molecule has 0 aliphatic carbocycles. The number of rotatable bonds is 4. The van der Waals surface area contributed by atoms with Gasteiger partial charge in [0.2, 0.25) is 0 Å². The minimum Gasteiger partial charge on any atom is -0.399 e. The average Bonchev–Trinajstić information content (AvgIpc) is 2.16. The molecule has 78 valence electrons. The molecule has 0 aromatic heterocycles. The van der Waals surface area contributed by atoms with Gasteiger partial charge in [-0.1, -0.05) is 24.6 Å². The molecule has 4 heteroatoms. The molecule has 0 aliphatic heterocycles. The highest BCUT2D eigenvalue weighted by molar-refractivity contribution is 7.99. The number of benzene rings is 1. The minimum absolute atomic E-state index is 0.192. The van der Waals surface area contributed by atoms with Crippen molar-refractivity contribution in [2.75, 3.05) is 12.3 Å². The monoisotopic (exact) mass is 231 g/mol. The number of aliphatic hydroxyl groups is 1. The molecule has 1 atom stereocenters. The van der Waals surface area contributed by atoms with E-state index < -0.39 is 0 Å². The number of hydrogen-bond donors (Lipinski definition) is 2. The molecule has 0 radical (unpaired) electrons. The van der Waals surface area contributed by atoms with Crippen molar-refractivity contribution in [1.82, 2.24) is 0 Å². The van der Waals surface area contributed by atoms with Crippen molar-refractivity contribution in [2.45, 2.75) is 17.9 Å². The van der Waals surface area contributed by atoms with Crippen LogP contribution >= 0.6 is 23.4 Å². The Hall–Kier alpha value is -0.380. The van der Waals surface area contributed by atoms with Crippen molar-refractivity contribution in [1.29, 1.82) is 0 Å². The highest BCUT2D eigenvalue weighted by Gasteiger charge is 2.04. The molecule has 0 spiro atoms. The third-order valence-electron chi connectivity index (χ3n) is 1.86. The lowest BCUT2D eigenvalue weighted by molar-refractivity contribution is 0.300. The number of anilines is 1. The molecule has 1 unspecified atom stereocenters. The first-order valence-electron chi connectivity index (χ1n) is 4.40. The van der Waals surface area contributed by atoms with E-state index >= 15 is 0 Å². The second-order valence-electron chi connectivity index (χ2n) is 3.16. The molecule has 0 aliphatic rings. The highest BCUT2D eigenvalue weighted by Crippen LogP contribution is 2.25. The fourth-order valence-corrected chi connectivity index (χ4v) is 2.12. The normalized spacial score (nSPS) is 12.8. The van der Waals surface area contributed by atoms with E-state index in [1.54, 1.807) is 17.8 Å². The fraction of sp³-hybridized carbons (Fsp3) is 0.400. The summed E-state index contributed by atoms with van der Waals surface area (Å²) in [4.78, 5) is 0. The first-order chi connectivity index (χ1) is 6.63. The summed E-state index contributed by atoms with van der Waals surface area (Å²) in [5, 5.41) is 9.79. The zero-order valence-corrected chi connectivity index (χ0v) is 9.61. The van der Waals surface area contributed by atoms with Crippen LogP contribution in [0.4, 0.5) is 5.69 Å². The first-order valence-corrected chi connectivity index (χ1v) is 5.82. The molecule has 1 aromatic carbocycles. The van der Waals surface area contributed by atoms with Gasteiger partial charge < -0.3 is 10.8 Å². The number of thioether (sulfide) groups is 1. The van der Waals surface area contributed by atoms with Crippen LogP contribution in [-0.2, 0) is 5.75 Å². The lowest BCUT2D eigenvalue weighted by Crippen LogP contribution is -2.02. The largest absolute Gasteiger partial charge is 0.399 e. The Labute approximate surface area is 93.5 Å². The summed E-state index contributed by atoms with van der Waals surface area (Å²) < 4.78 is 0. The molecule has 0 saturated carbocycles. The van der Waals surface area contributed by atoms with Gasteiger partial charge in [0, 0.05) is 21.7 Å². The van der Waals surface area contributed by atoms with Gasteiger partial charge in [0.05, 0.1) is 6.61 Å². The smallest absolute Gasteiger partial charge is 0.0547 e. The molecule has 0 saturated heterocycles. The summed E-state index contributed by atoms with van der Waals surface area (Å²) in [5.41, 5.74) is 7.32. The van der Waals surface area contributed by atoms with Crippen molar-refractivity contribution >= 4 is 29.1 Å². The van der Waals surface area contributed by atoms with Gasteiger partial charge in [-0.25, -0.2) is 0 Å². The van der Waals surface area contributed by atoms with Crippen LogP contribution in [0.2, 0.25) is 5.02 Å². The maximum atomic E-state index is 8.85. The van der Waals surface area contributed by atoms with Crippen LogP contribution in [0.3, 0.4) is 0 Å². The standard InChI is InChI=1S/C10H14ClNOS/c1-7(5-13)14-6-8-2-3-9(12)4-10(8)11/h2-4,7,13H,5-6,12H2,1H3. The predicted molar refractivity (Wildman–Crippen MR) is 63.7 cm³/mol. The van der Waals surface area contributed by atoms with Crippen LogP contribution in [0.15, 0.2) is 18.2 Å². The van der Waals surface area contributed by atoms with E-state index in [9.17, 15) is 0 Å². The molecule has 2 nitrogen and oxygen atoms in total. The van der Waals surface area contributed by atoms with Crippen LogP contribution in [-0.4, -0.2) is 17.0 Å². The van der Waals surface area contributed by atoms with E-state index in [4.69, 9.17) is 22.4 Å². The molecule has 14 heavy (non-hydrogen) atoms. The number of nitrogen functional groups attached to an aromatic ring is 1. The molecule has 1 aromatic rings. The van der Waals surface area contributed by atoms with E-state index in [-0.39, 0.29) is 11.9 Å². The van der Waals surface area contributed by atoms with Crippen molar-refractivity contribution in [3.05, 3.63) is 28.8 Å². The number of hydrogen-bond acceptors (Lipinski definition) is 3. The van der Waals surface area contributed by atoms with Crippen molar-refractivity contribution < 1.29 is 5.11 Å². The van der Waals surface area contributed by atoms with Gasteiger partial charge in [-0.05, 0) is 17.7 Å². The summed E-state index contributed by atoms with van der Waals surface area (Å²) in [5.74, 6) is 0.806. The van der Waals surface area contributed by atoms with Gasteiger partial charge in [-0.15, -0.1) is 0 Å². The Morgan fingerprint density at radius 2 is 2.29 bits per heavy atom. The SMILES string of the molecule is CC(CO)SCc1ccc(N)cc1Cl. The molecular formula is C10H14ClNOS. The maximum absolute atomic E-state index is 8.85. The summed E-state index contributed by atoms with van der Waals surface area (Å²) in [6.45, 7) is 2.17. The Kier molecular flexibility index (Phi) is 4.58. The van der Waals surface area contributed by atoms with Crippen LogP contribution < -0.4 is 5.73 Å². The predicted octanol–water partition coefficient (Wildman–Crippen LogP) is 2.54. The van der Waals surface area contributed by atoms with Crippen LogP contribution in [0.5, 0.6) is 0 Å². The van der Waals surface area contributed by atoms with Gasteiger partial charge in [-0.3, -0.25) is 0 Å². The second-order valence-corrected chi connectivity index (χ2v) is 4.99. The van der Waals surface area contributed by atoms with Crippen LogP contribution in [0.1, 0.15) is 12.5 Å². The average molecular weight is 232 g/mol. The summed E-state index contributed by atoms with van der Waals surface area (Å²) >= 11 is 7.67. The van der Waals surface area contributed by atoms with E-state index in [0.29, 0.717) is 10.7 Å². The van der Waals surface area contributed by atoms with Crippen molar-refractivity contribution in [3.63, 3.8) is 0 Å². The van der Waals surface area contributed by atoms with E-state index in [1.807, 2.05) is 19.1 Å². The van der Waals surface area contributed by atoms with Gasteiger partial charge in [0.15, 0.2) is 0 Å². The highest BCUT2D eigenvalue weighted by atomic mass is 35.5. The Balaban J connectivity index is 2.59. The Morgan fingerprint density at radius 1 is 1.57 bits per heavy atom. The van der Waals surface area contributed by atoms with E-state index in [0.717, 1.165) is 11.3 Å². The van der Waals surface area contributed by atoms with Gasteiger partial charge in [-0.2, -0.15) is 11.8 Å². The Bertz CT molecular complexity index is 306. The third-order valence-corrected chi connectivity index (χ3v) is 3.41. The van der Waals surface area contributed by atoms with E-state index in [2.05, 4.69) is 0 Å². The minimum atomic E-state index is 0.192. The summed E-state index contributed by atoms with van der Waals surface area (Å²) in [6, 6.07) is 5.52. The quantitative estimate of drug-likeness (QED) is 0.783. The van der Waals surface area contributed by atoms with Gasteiger partial charge in [0.1, 0.15) is 0 Å². The summed E-state index contributed by atoms with van der Waals surface area (Å²) in [6.07, 6.45) is 0. The second kappa shape index (κ2) is 5.49. The molecule has 0 heterocycles. The van der Waals surface area contributed by atoms with Crippen LogP contribution in [0, 0.1) is 0 Å². The molecule has 3 N–H and O–H groups in total. The first kappa shape index (κ1) is 11.7. The van der Waals surface area contributed by atoms with Gasteiger partial charge >= 0.3 is 0 Å². The van der Waals surface area contributed by atoms with Crippen molar-refractivity contribution in [3.8, 4) is 0 Å². The molecule has 0 bridgehead atoms. The number of nitrogens with two attached hydrogens (primary N) is 1. The Morgan fingerprint density at radius 3 is 2.86 bits per heavy atom. The van der Waals surface area contributed by atoms with E-state index in [1.165, 1.54) is 0 Å². The lowest BCUT2D eigenvalue weighted by atomic mass is 10.2. The fourth-order valence-electron chi connectivity index (χ4n) is 0.965. The summed E-state index contributed by atoms with van der Waals surface area (Å²) in [7, 11) is 0. The molecular weight excluding hydrogens is 218 g/mol. The number of halogens is 1. The zero-order chi connectivity index (χ0) is 10.6. The van der Waals surface area contributed by atoms with Gasteiger partial charge in [0.25, 0.3) is 0 Å². The van der Waals surface area contributed by atoms with Crippen LogP contribution in [0.25, 0.3) is 0 Å². The molecule has 0 fully saturated rings. The maximum Gasteiger partial charge on any atom is 0.0547 e. The third kappa shape index (κ3) is 3.40. The molecule has 1 rings (SSSR count). The molecule has 0 amide bonds. The number of aliphatic hydroxyl groups excluding tert-OH is 1. The topological polar surface area (TPSA) is 46.2 Å².